The molecule has 2 rings (SSSR count). The van der Waals surface area contributed by atoms with Gasteiger partial charge in [0.15, 0.2) is 0 Å². The van der Waals surface area contributed by atoms with Crippen LogP contribution in [0.3, 0.4) is 0 Å². The molecule has 2 N–H and O–H groups in total. The van der Waals surface area contributed by atoms with Gasteiger partial charge in [-0.3, -0.25) is 0 Å². The van der Waals surface area contributed by atoms with Crippen molar-refractivity contribution in [1.29, 1.82) is 0 Å². The molecule has 18 heavy (non-hydrogen) atoms. The topological polar surface area (TPSA) is 40.5 Å². The van der Waals surface area contributed by atoms with Gasteiger partial charge in [0.25, 0.3) is 0 Å². The van der Waals surface area contributed by atoms with E-state index in [9.17, 15) is 10.2 Å². The number of aliphatic hydroxyl groups excluding tert-OH is 2. The SMILES string of the molecule is Cc1ccc(C(CO)(CO)CC2CCCC2)cc1. The van der Waals surface area contributed by atoms with Crippen LogP contribution in [-0.2, 0) is 5.41 Å². The van der Waals surface area contributed by atoms with E-state index in [0.717, 1.165) is 12.0 Å². The molecule has 1 aromatic rings. The van der Waals surface area contributed by atoms with Crippen molar-refractivity contribution in [3.05, 3.63) is 35.4 Å². The van der Waals surface area contributed by atoms with Gasteiger partial charge >= 0.3 is 0 Å². The highest BCUT2D eigenvalue weighted by Crippen LogP contribution is 2.37. The Morgan fingerprint density at radius 3 is 2.11 bits per heavy atom. The highest BCUT2D eigenvalue weighted by atomic mass is 16.3. The minimum absolute atomic E-state index is 0.0308. The molecule has 1 aliphatic carbocycles. The Balaban J connectivity index is 2.21. The molecule has 0 bridgehead atoms. The average Bonchev–Trinajstić information content (AvgIpc) is 2.90. The Kier molecular flexibility index (Phi) is 4.41. The molecule has 0 amide bonds. The number of rotatable bonds is 5. The Bertz CT molecular complexity index is 359. The third-order valence-corrected chi connectivity index (χ3v) is 4.42. The lowest BCUT2D eigenvalue weighted by Gasteiger charge is -2.33. The van der Waals surface area contributed by atoms with Gasteiger partial charge in [-0.15, -0.1) is 0 Å². The summed E-state index contributed by atoms with van der Waals surface area (Å²) in [6, 6.07) is 8.22. The van der Waals surface area contributed by atoms with Crippen LogP contribution >= 0.6 is 0 Å². The molecule has 2 heteroatoms. The molecule has 2 nitrogen and oxygen atoms in total. The highest BCUT2D eigenvalue weighted by molar-refractivity contribution is 5.29. The second-order valence-corrected chi connectivity index (χ2v) is 5.82. The number of hydrogen-bond donors (Lipinski definition) is 2. The largest absolute Gasteiger partial charge is 0.395 e. The molecule has 1 aliphatic rings. The normalized spacial score (nSPS) is 17.3. The summed E-state index contributed by atoms with van der Waals surface area (Å²) in [5.74, 6) is 0.658. The molecule has 1 saturated carbocycles. The molecule has 0 heterocycles. The quantitative estimate of drug-likeness (QED) is 0.841. The van der Waals surface area contributed by atoms with Gasteiger partial charge in [-0.25, -0.2) is 0 Å². The van der Waals surface area contributed by atoms with Gasteiger partial charge in [0, 0.05) is 5.41 Å². The molecular weight excluding hydrogens is 224 g/mol. The van der Waals surface area contributed by atoms with Crippen molar-refractivity contribution in [1.82, 2.24) is 0 Å². The van der Waals surface area contributed by atoms with Crippen LogP contribution in [0.4, 0.5) is 0 Å². The van der Waals surface area contributed by atoms with E-state index in [4.69, 9.17) is 0 Å². The smallest absolute Gasteiger partial charge is 0.0550 e. The van der Waals surface area contributed by atoms with Crippen molar-refractivity contribution in [2.75, 3.05) is 13.2 Å². The monoisotopic (exact) mass is 248 g/mol. The number of aryl methyl sites for hydroxylation is 1. The van der Waals surface area contributed by atoms with E-state index >= 15 is 0 Å². The van der Waals surface area contributed by atoms with Crippen LogP contribution in [0.1, 0.15) is 43.2 Å². The zero-order chi connectivity index (χ0) is 13.0. The van der Waals surface area contributed by atoms with Gasteiger partial charge in [-0.1, -0.05) is 55.5 Å². The van der Waals surface area contributed by atoms with Crippen molar-refractivity contribution in [3.63, 3.8) is 0 Å². The molecule has 1 aromatic carbocycles. The second kappa shape index (κ2) is 5.85. The molecular formula is C16H24O2. The fraction of sp³-hybridized carbons (Fsp3) is 0.625. The molecule has 100 valence electrons. The highest BCUT2D eigenvalue weighted by Gasteiger charge is 2.34. The van der Waals surface area contributed by atoms with E-state index in [0.29, 0.717) is 5.92 Å². The van der Waals surface area contributed by atoms with Gasteiger partial charge in [-0.05, 0) is 24.8 Å². The Hall–Kier alpha value is -0.860. The first-order chi connectivity index (χ1) is 8.70. The van der Waals surface area contributed by atoms with E-state index < -0.39 is 5.41 Å². The van der Waals surface area contributed by atoms with Crippen molar-refractivity contribution in [2.45, 2.75) is 44.4 Å². The van der Waals surface area contributed by atoms with E-state index in [1.165, 1.54) is 31.2 Å². The lowest BCUT2D eigenvalue weighted by Crippen LogP contribution is -2.36. The van der Waals surface area contributed by atoms with Crippen LogP contribution in [0, 0.1) is 12.8 Å². The standard InChI is InChI=1S/C16H24O2/c1-13-6-8-15(9-7-13)16(11-17,12-18)10-14-4-2-3-5-14/h6-9,14,17-18H,2-5,10-12H2,1H3. The number of aliphatic hydroxyl groups is 2. The first-order valence-corrected chi connectivity index (χ1v) is 6.99. The number of hydrogen-bond acceptors (Lipinski definition) is 2. The van der Waals surface area contributed by atoms with E-state index in [1.54, 1.807) is 0 Å². The summed E-state index contributed by atoms with van der Waals surface area (Å²) < 4.78 is 0. The summed E-state index contributed by atoms with van der Waals surface area (Å²) in [5, 5.41) is 19.6. The van der Waals surface area contributed by atoms with Gasteiger partial charge < -0.3 is 10.2 Å². The van der Waals surface area contributed by atoms with Gasteiger partial charge in [0.1, 0.15) is 0 Å². The van der Waals surface area contributed by atoms with Crippen molar-refractivity contribution < 1.29 is 10.2 Å². The molecule has 0 aliphatic heterocycles. The third kappa shape index (κ3) is 2.76. The lowest BCUT2D eigenvalue weighted by molar-refractivity contribution is 0.0954. The third-order valence-electron chi connectivity index (χ3n) is 4.42. The maximum Gasteiger partial charge on any atom is 0.0550 e. The van der Waals surface area contributed by atoms with Crippen LogP contribution in [0.25, 0.3) is 0 Å². The fourth-order valence-electron chi connectivity index (χ4n) is 3.15. The lowest BCUT2D eigenvalue weighted by atomic mass is 9.74. The van der Waals surface area contributed by atoms with E-state index in [2.05, 4.69) is 31.2 Å². The molecule has 0 aromatic heterocycles. The zero-order valence-corrected chi connectivity index (χ0v) is 11.2. The first kappa shape index (κ1) is 13.6. The average molecular weight is 248 g/mol. The molecule has 0 atom stereocenters. The van der Waals surface area contributed by atoms with Gasteiger partial charge in [0.05, 0.1) is 13.2 Å². The second-order valence-electron chi connectivity index (χ2n) is 5.82. The zero-order valence-electron chi connectivity index (χ0n) is 11.2. The van der Waals surface area contributed by atoms with Crippen LogP contribution < -0.4 is 0 Å². The molecule has 0 radical (unpaired) electrons. The summed E-state index contributed by atoms with van der Waals surface area (Å²) in [5.41, 5.74) is 1.83. The van der Waals surface area contributed by atoms with Crippen molar-refractivity contribution in [2.24, 2.45) is 5.92 Å². The predicted octanol–water partition coefficient (Wildman–Crippen LogP) is 2.80. The summed E-state index contributed by atoms with van der Waals surface area (Å²) in [6.07, 6.45) is 5.99. The summed E-state index contributed by atoms with van der Waals surface area (Å²) in [4.78, 5) is 0. The number of benzene rings is 1. The van der Waals surface area contributed by atoms with Gasteiger partial charge in [0.2, 0.25) is 0 Å². The van der Waals surface area contributed by atoms with E-state index in [1.807, 2.05) is 0 Å². The fourth-order valence-corrected chi connectivity index (χ4v) is 3.15. The Labute approximate surface area is 110 Å². The maximum absolute atomic E-state index is 9.80. The summed E-state index contributed by atoms with van der Waals surface area (Å²) in [7, 11) is 0. The van der Waals surface area contributed by atoms with Crippen LogP contribution in [0.5, 0.6) is 0 Å². The first-order valence-electron chi connectivity index (χ1n) is 6.99. The summed E-state index contributed by atoms with van der Waals surface area (Å²) >= 11 is 0. The van der Waals surface area contributed by atoms with Crippen LogP contribution in [-0.4, -0.2) is 23.4 Å². The van der Waals surface area contributed by atoms with Gasteiger partial charge in [-0.2, -0.15) is 0 Å². The molecule has 1 fully saturated rings. The predicted molar refractivity (Wildman–Crippen MR) is 73.6 cm³/mol. The molecule has 0 saturated heterocycles. The van der Waals surface area contributed by atoms with Crippen LogP contribution in [0.15, 0.2) is 24.3 Å². The van der Waals surface area contributed by atoms with Crippen molar-refractivity contribution >= 4 is 0 Å². The van der Waals surface area contributed by atoms with E-state index in [-0.39, 0.29) is 13.2 Å². The Morgan fingerprint density at radius 1 is 1.06 bits per heavy atom. The minimum atomic E-state index is -0.456. The minimum Gasteiger partial charge on any atom is -0.395 e. The molecule has 0 spiro atoms. The van der Waals surface area contributed by atoms with Crippen molar-refractivity contribution in [3.8, 4) is 0 Å². The van der Waals surface area contributed by atoms with Crippen LogP contribution in [0.2, 0.25) is 0 Å². The molecule has 0 unspecified atom stereocenters. The summed E-state index contributed by atoms with van der Waals surface area (Å²) in [6.45, 7) is 2.12. The maximum atomic E-state index is 9.80. The Morgan fingerprint density at radius 2 is 1.61 bits per heavy atom.